The molecule has 166 valence electrons. The second kappa shape index (κ2) is 9.23. The lowest BCUT2D eigenvalue weighted by Crippen LogP contribution is -2.19. The Bertz CT molecular complexity index is 1340. The number of rotatable bonds is 7. The fraction of sp³-hybridized carbons (Fsp3) is 0.0833. The van der Waals surface area contributed by atoms with E-state index < -0.39 is 5.97 Å². The summed E-state index contributed by atoms with van der Waals surface area (Å²) in [6, 6.07) is 12.0. The smallest absolute Gasteiger partial charge is 0.337 e. The highest BCUT2D eigenvalue weighted by atomic mass is 16.5. The van der Waals surface area contributed by atoms with Crippen LogP contribution >= 0.6 is 0 Å². The number of carbonyl (C=O) groups is 2. The summed E-state index contributed by atoms with van der Waals surface area (Å²) in [6.45, 7) is 0.182. The molecule has 0 saturated heterocycles. The number of nitrogen functional groups attached to an aromatic ring is 1. The first kappa shape index (κ1) is 21.6. The van der Waals surface area contributed by atoms with Gasteiger partial charge in [0.05, 0.1) is 24.9 Å². The van der Waals surface area contributed by atoms with Crippen molar-refractivity contribution in [2.24, 2.45) is 0 Å². The minimum Gasteiger partial charge on any atom is -0.493 e. The predicted molar refractivity (Wildman–Crippen MR) is 122 cm³/mol. The van der Waals surface area contributed by atoms with Gasteiger partial charge < -0.3 is 25.3 Å². The number of carboxylic acids is 1. The molecule has 3 aromatic heterocycles. The molecule has 33 heavy (non-hydrogen) atoms. The Kier molecular flexibility index (Phi) is 6.03. The Balaban J connectivity index is 1.50. The first-order valence-corrected chi connectivity index (χ1v) is 9.90. The number of nitrogens with one attached hydrogen (secondary N) is 1. The third kappa shape index (κ3) is 4.99. The quantitative estimate of drug-likeness (QED) is 0.368. The standard InChI is InChI=1S/C24H20N4O5/c1-32-20-10-16(19-5-4-15(12-26-19)24(30)31)8-17-9-18(33-23(17)20)13-28-22(29)7-3-14-2-6-21(25)27-11-14/h2-12H,13H2,1H3,(H2,25,27)(H,28,29)(H,30,31). The van der Waals surface area contributed by atoms with Gasteiger partial charge in [-0.15, -0.1) is 0 Å². The molecule has 4 rings (SSSR count). The van der Waals surface area contributed by atoms with Gasteiger partial charge in [-0.3, -0.25) is 9.78 Å². The zero-order chi connectivity index (χ0) is 23.4. The molecule has 1 amide bonds. The molecule has 9 nitrogen and oxygen atoms in total. The van der Waals surface area contributed by atoms with Crippen LogP contribution in [0.25, 0.3) is 28.3 Å². The number of aromatic carboxylic acids is 1. The average molecular weight is 444 g/mol. The molecule has 0 aliphatic heterocycles. The molecule has 0 aliphatic carbocycles. The van der Waals surface area contributed by atoms with E-state index >= 15 is 0 Å². The van der Waals surface area contributed by atoms with Crippen LogP contribution in [0.4, 0.5) is 5.82 Å². The predicted octanol–water partition coefficient (Wildman–Crippen LogP) is 3.51. The molecule has 9 heteroatoms. The van der Waals surface area contributed by atoms with Crippen molar-refractivity contribution >= 4 is 34.7 Å². The maximum atomic E-state index is 12.2. The van der Waals surface area contributed by atoms with Crippen LogP contribution < -0.4 is 15.8 Å². The van der Waals surface area contributed by atoms with Crippen molar-refractivity contribution in [1.82, 2.24) is 15.3 Å². The highest BCUT2D eigenvalue weighted by Gasteiger charge is 2.14. The van der Waals surface area contributed by atoms with Gasteiger partial charge in [-0.25, -0.2) is 9.78 Å². The second-order valence-electron chi connectivity index (χ2n) is 7.11. The minimum atomic E-state index is -1.04. The molecule has 4 aromatic rings. The molecular weight excluding hydrogens is 424 g/mol. The van der Waals surface area contributed by atoms with E-state index in [2.05, 4.69) is 15.3 Å². The molecule has 0 fully saturated rings. The van der Waals surface area contributed by atoms with Gasteiger partial charge in [0, 0.05) is 29.4 Å². The Morgan fingerprint density at radius 3 is 2.67 bits per heavy atom. The molecule has 3 heterocycles. The lowest BCUT2D eigenvalue weighted by atomic mass is 10.1. The van der Waals surface area contributed by atoms with E-state index in [1.807, 2.05) is 6.07 Å². The molecule has 1 aromatic carbocycles. The van der Waals surface area contributed by atoms with E-state index in [1.54, 1.807) is 42.6 Å². The summed E-state index contributed by atoms with van der Waals surface area (Å²) < 4.78 is 11.3. The van der Waals surface area contributed by atoms with Crippen LogP contribution in [0.3, 0.4) is 0 Å². The number of anilines is 1. The minimum absolute atomic E-state index is 0.106. The van der Waals surface area contributed by atoms with Crippen molar-refractivity contribution < 1.29 is 23.8 Å². The Morgan fingerprint density at radius 2 is 2.00 bits per heavy atom. The van der Waals surface area contributed by atoms with E-state index in [0.29, 0.717) is 28.6 Å². The number of fused-ring (bicyclic) bond motifs is 1. The van der Waals surface area contributed by atoms with Crippen molar-refractivity contribution in [3.63, 3.8) is 0 Å². The summed E-state index contributed by atoms with van der Waals surface area (Å²) >= 11 is 0. The van der Waals surface area contributed by atoms with Crippen molar-refractivity contribution in [3.05, 3.63) is 77.8 Å². The molecule has 0 unspecified atom stereocenters. The van der Waals surface area contributed by atoms with Crippen LogP contribution in [0.2, 0.25) is 0 Å². The van der Waals surface area contributed by atoms with E-state index in [4.69, 9.17) is 20.0 Å². The van der Waals surface area contributed by atoms with Crippen molar-refractivity contribution in [2.45, 2.75) is 6.54 Å². The van der Waals surface area contributed by atoms with Crippen molar-refractivity contribution in [1.29, 1.82) is 0 Å². The van der Waals surface area contributed by atoms with Crippen molar-refractivity contribution in [3.8, 4) is 17.0 Å². The summed E-state index contributed by atoms with van der Waals surface area (Å²) in [5.74, 6) is 0.129. The first-order chi connectivity index (χ1) is 15.9. The first-order valence-electron chi connectivity index (χ1n) is 9.90. The Hall–Kier alpha value is -4.66. The highest BCUT2D eigenvalue weighted by molar-refractivity contribution is 5.92. The van der Waals surface area contributed by atoms with Gasteiger partial charge in [-0.05, 0) is 54.1 Å². The van der Waals surface area contributed by atoms with Crippen LogP contribution in [0.5, 0.6) is 5.75 Å². The van der Waals surface area contributed by atoms with Gasteiger partial charge >= 0.3 is 5.97 Å². The number of carbonyl (C=O) groups excluding carboxylic acids is 1. The Morgan fingerprint density at radius 1 is 1.15 bits per heavy atom. The number of aromatic nitrogens is 2. The van der Waals surface area contributed by atoms with Crippen LogP contribution in [0.15, 0.2) is 65.4 Å². The van der Waals surface area contributed by atoms with Gasteiger partial charge in [0.1, 0.15) is 11.6 Å². The van der Waals surface area contributed by atoms with E-state index in [1.165, 1.54) is 25.4 Å². The van der Waals surface area contributed by atoms with Gasteiger partial charge in [0.2, 0.25) is 5.91 Å². The third-order valence-electron chi connectivity index (χ3n) is 4.83. The fourth-order valence-corrected chi connectivity index (χ4v) is 3.17. The molecule has 4 N–H and O–H groups in total. The van der Waals surface area contributed by atoms with E-state index in [-0.39, 0.29) is 18.0 Å². The van der Waals surface area contributed by atoms with Crippen LogP contribution in [0, 0.1) is 0 Å². The number of hydrogen-bond donors (Lipinski definition) is 3. The van der Waals surface area contributed by atoms with Gasteiger partial charge in [-0.1, -0.05) is 0 Å². The van der Waals surface area contributed by atoms with Crippen LogP contribution in [-0.2, 0) is 11.3 Å². The largest absolute Gasteiger partial charge is 0.493 e. The van der Waals surface area contributed by atoms with E-state index in [0.717, 1.165) is 16.5 Å². The number of nitrogens with zero attached hydrogens (tertiary/aromatic N) is 2. The van der Waals surface area contributed by atoms with Gasteiger partial charge in [0.15, 0.2) is 11.3 Å². The lowest BCUT2D eigenvalue weighted by molar-refractivity contribution is -0.116. The molecule has 0 aliphatic rings. The molecule has 0 atom stereocenters. The second-order valence-corrected chi connectivity index (χ2v) is 7.11. The monoisotopic (exact) mass is 444 g/mol. The number of carboxylic acid groups (broad SMARTS) is 1. The molecule has 0 bridgehead atoms. The number of hydrogen-bond acceptors (Lipinski definition) is 7. The maximum Gasteiger partial charge on any atom is 0.337 e. The average Bonchev–Trinajstić information content (AvgIpc) is 3.25. The summed E-state index contributed by atoms with van der Waals surface area (Å²) in [4.78, 5) is 31.4. The third-order valence-corrected chi connectivity index (χ3v) is 4.83. The normalized spacial score (nSPS) is 11.1. The number of amides is 1. The zero-order valence-electron chi connectivity index (χ0n) is 17.6. The SMILES string of the molecule is COc1cc(-c2ccc(C(=O)O)cn2)cc2cc(CNC(=O)C=Cc3ccc(N)nc3)oc12. The fourth-order valence-electron chi connectivity index (χ4n) is 3.17. The van der Waals surface area contributed by atoms with Crippen molar-refractivity contribution in [2.75, 3.05) is 12.8 Å². The molecule has 0 spiro atoms. The maximum absolute atomic E-state index is 12.2. The van der Waals surface area contributed by atoms with E-state index in [9.17, 15) is 9.59 Å². The molecule has 0 radical (unpaired) electrons. The Labute approximate surface area is 188 Å². The number of pyridine rings is 2. The summed E-state index contributed by atoms with van der Waals surface area (Å²) in [5, 5.41) is 12.6. The lowest BCUT2D eigenvalue weighted by Gasteiger charge is -2.06. The highest BCUT2D eigenvalue weighted by Crippen LogP contribution is 2.34. The number of nitrogens with two attached hydrogens (primary N) is 1. The van der Waals surface area contributed by atoms with Gasteiger partial charge in [0.25, 0.3) is 0 Å². The molecule has 0 saturated carbocycles. The number of benzene rings is 1. The summed E-state index contributed by atoms with van der Waals surface area (Å²) in [7, 11) is 1.53. The topological polar surface area (TPSA) is 141 Å². The molecular formula is C24H20N4O5. The van der Waals surface area contributed by atoms with Crippen LogP contribution in [0.1, 0.15) is 21.7 Å². The summed E-state index contributed by atoms with van der Waals surface area (Å²) in [6.07, 6.45) is 5.92. The number of ether oxygens (including phenoxy) is 1. The number of furan rings is 1. The van der Waals surface area contributed by atoms with Gasteiger partial charge in [-0.2, -0.15) is 0 Å². The zero-order valence-corrected chi connectivity index (χ0v) is 17.6. The van der Waals surface area contributed by atoms with Crippen LogP contribution in [-0.4, -0.2) is 34.1 Å². The summed E-state index contributed by atoms with van der Waals surface area (Å²) in [5.41, 5.74) is 8.29. The number of methoxy groups -OCH3 is 1.